The molecule has 222 valence electrons. The number of carbonyl (C=O) groups is 2. The first kappa shape index (κ1) is 32.1. The van der Waals surface area contributed by atoms with E-state index in [4.69, 9.17) is 16.9 Å². The number of nitrogens with one attached hydrogen (secondary N) is 2. The summed E-state index contributed by atoms with van der Waals surface area (Å²) in [7, 11) is 0. The van der Waals surface area contributed by atoms with E-state index in [1.165, 1.54) is 12.1 Å². The van der Waals surface area contributed by atoms with Crippen LogP contribution in [0, 0.1) is 24.1 Å². The van der Waals surface area contributed by atoms with Gasteiger partial charge in [-0.25, -0.2) is 4.39 Å². The summed E-state index contributed by atoms with van der Waals surface area (Å²) in [5.41, 5.74) is 7.75. The molecule has 0 aromatic heterocycles. The summed E-state index contributed by atoms with van der Waals surface area (Å²) in [5.74, 6) is 2.48. The summed E-state index contributed by atoms with van der Waals surface area (Å²) < 4.78 is 20.4. The summed E-state index contributed by atoms with van der Waals surface area (Å²) in [5, 5.41) is 17.0. The minimum atomic E-state index is -0.573. The summed E-state index contributed by atoms with van der Waals surface area (Å²) in [6, 6.07) is 12.7. The maximum atomic E-state index is 14.4. The fraction of sp³-hybridized carbons (Fsp3) is 0.515. The Kier molecular flexibility index (Phi) is 12.6. The molecule has 0 bridgehead atoms. The summed E-state index contributed by atoms with van der Waals surface area (Å²) >= 11 is 0. The van der Waals surface area contributed by atoms with Gasteiger partial charge in [0, 0.05) is 43.1 Å². The molecule has 2 aromatic carbocycles. The van der Waals surface area contributed by atoms with Gasteiger partial charge >= 0.3 is 0 Å². The maximum Gasteiger partial charge on any atom is 0.220 e. The van der Waals surface area contributed by atoms with E-state index in [9.17, 15) is 19.1 Å². The zero-order valence-electron chi connectivity index (χ0n) is 24.1. The van der Waals surface area contributed by atoms with Crippen molar-refractivity contribution < 1.29 is 23.8 Å². The molecule has 8 heteroatoms. The third kappa shape index (κ3) is 11.2. The number of primary amides is 1. The molecular formula is C33H44FN3O4. The topological polar surface area (TPSA) is 114 Å². The van der Waals surface area contributed by atoms with Crippen molar-refractivity contribution in [3.63, 3.8) is 0 Å². The predicted molar refractivity (Wildman–Crippen MR) is 159 cm³/mol. The Morgan fingerprint density at radius 2 is 1.98 bits per heavy atom. The van der Waals surface area contributed by atoms with Crippen molar-refractivity contribution in [1.29, 1.82) is 0 Å². The van der Waals surface area contributed by atoms with E-state index in [0.29, 0.717) is 44.7 Å². The monoisotopic (exact) mass is 565 g/mol. The van der Waals surface area contributed by atoms with Gasteiger partial charge < -0.3 is 26.2 Å². The zero-order chi connectivity index (χ0) is 29.7. The first-order valence-electron chi connectivity index (χ1n) is 14.7. The van der Waals surface area contributed by atoms with E-state index in [1.807, 2.05) is 24.3 Å². The number of hydrogen-bond acceptors (Lipinski definition) is 5. The molecule has 2 aromatic rings. The average molecular weight is 566 g/mol. The first-order chi connectivity index (χ1) is 19.7. The van der Waals surface area contributed by atoms with Crippen LogP contribution in [0.1, 0.15) is 81.4 Å². The molecule has 0 radical (unpaired) electrons. The van der Waals surface area contributed by atoms with Gasteiger partial charge in [0.25, 0.3) is 0 Å². The van der Waals surface area contributed by atoms with Crippen LogP contribution in [-0.4, -0.2) is 42.7 Å². The van der Waals surface area contributed by atoms with Gasteiger partial charge in [-0.1, -0.05) is 31.4 Å². The van der Waals surface area contributed by atoms with Gasteiger partial charge in [0.1, 0.15) is 11.6 Å². The fourth-order valence-electron chi connectivity index (χ4n) is 5.06. The van der Waals surface area contributed by atoms with Gasteiger partial charge in [0.05, 0.1) is 12.7 Å². The van der Waals surface area contributed by atoms with Crippen LogP contribution in [0.4, 0.5) is 4.39 Å². The lowest BCUT2D eigenvalue weighted by Gasteiger charge is -2.21. The van der Waals surface area contributed by atoms with Crippen molar-refractivity contribution in [2.45, 2.75) is 82.8 Å². The number of nitrogens with two attached hydrogens (primary N) is 1. The second-order valence-electron chi connectivity index (χ2n) is 11.1. The normalized spacial score (nSPS) is 15.0. The first-order valence-corrected chi connectivity index (χ1v) is 14.7. The molecule has 1 unspecified atom stereocenters. The molecule has 1 saturated carbocycles. The highest BCUT2D eigenvalue weighted by atomic mass is 19.1. The van der Waals surface area contributed by atoms with Crippen molar-refractivity contribution in [2.75, 3.05) is 19.7 Å². The van der Waals surface area contributed by atoms with Crippen LogP contribution in [0.15, 0.2) is 42.5 Å². The number of rotatable bonds is 19. The lowest BCUT2D eigenvalue weighted by Crippen LogP contribution is -2.36. The number of ether oxygens (including phenoxy) is 1. The Hall–Kier alpha value is -3.41. The third-order valence-corrected chi connectivity index (χ3v) is 7.59. The van der Waals surface area contributed by atoms with Gasteiger partial charge in [-0.2, -0.15) is 0 Å². The number of carbonyl (C=O) groups excluding carboxylic acids is 2. The Morgan fingerprint density at radius 1 is 1.17 bits per heavy atom. The molecule has 1 aliphatic rings. The molecular weight excluding hydrogens is 521 g/mol. The Balaban J connectivity index is 1.43. The molecule has 0 aliphatic heterocycles. The highest BCUT2D eigenvalue weighted by Crippen LogP contribution is 2.45. The van der Waals surface area contributed by atoms with Crippen LogP contribution in [0.25, 0.3) is 0 Å². The lowest BCUT2D eigenvalue weighted by atomic mass is 10.0. The second-order valence-corrected chi connectivity index (χ2v) is 11.1. The summed E-state index contributed by atoms with van der Waals surface area (Å²) in [6.07, 6.45) is 11.5. The minimum absolute atomic E-state index is 0.0972. The van der Waals surface area contributed by atoms with Crippen molar-refractivity contribution in [3.05, 3.63) is 65.0 Å². The molecule has 3 rings (SSSR count). The molecule has 2 amide bonds. The molecule has 7 nitrogen and oxygen atoms in total. The van der Waals surface area contributed by atoms with Crippen LogP contribution < -0.4 is 21.1 Å². The van der Waals surface area contributed by atoms with Gasteiger partial charge in [-0.3, -0.25) is 9.59 Å². The van der Waals surface area contributed by atoms with Crippen molar-refractivity contribution in [1.82, 2.24) is 10.6 Å². The van der Waals surface area contributed by atoms with E-state index in [1.54, 1.807) is 0 Å². The van der Waals surface area contributed by atoms with Crippen molar-refractivity contribution in [3.8, 4) is 18.1 Å². The number of aliphatic hydroxyl groups excluding tert-OH is 1. The Labute approximate surface area is 243 Å². The van der Waals surface area contributed by atoms with Crippen LogP contribution in [0.3, 0.4) is 0 Å². The fourth-order valence-corrected chi connectivity index (χ4v) is 5.06. The highest BCUT2D eigenvalue weighted by molar-refractivity contribution is 5.77. The van der Waals surface area contributed by atoms with E-state index in [-0.39, 0.29) is 36.0 Å². The number of terminal acetylenes is 1. The number of amides is 2. The largest absolute Gasteiger partial charge is 0.493 e. The number of benzene rings is 2. The third-order valence-electron chi connectivity index (χ3n) is 7.59. The SMILES string of the molecule is C#Cc1cccc(C2(NC[C@@H](O)CCc3cc(F)cc(OCC(CCC)CCNC(=O)CCCC(N)=O)c3)CC2)c1. The molecule has 0 spiro atoms. The van der Waals surface area contributed by atoms with Crippen LogP contribution in [0.2, 0.25) is 0 Å². The van der Waals surface area contributed by atoms with Crippen LogP contribution in [-0.2, 0) is 21.5 Å². The van der Waals surface area contributed by atoms with E-state index in [2.05, 4.69) is 29.5 Å². The Morgan fingerprint density at radius 3 is 2.68 bits per heavy atom. The standard InChI is InChI=1S/C33H44FN3O4/c1-3-7-25(14-17-36-32(40)11-6-10-31(35)39)23-41-30-20-26(19-28(34)21-30)12-13-29(38)22-37-33(15-16-33)27-9-5-8-24(4-2)18-27/h2,5,8-9,18-21,25,29,37-38H,3,6-7,10-17,22-23H2,1H3,(H2,35,39)(H,36,40)/t25?,29-/m0/s1. The average Bonchev–Trinajstić information content (AvgIpc) is 3.74. The van der Waals surface area contributed by atoms with Gasteiger partial charge in [0.2, 0.25) is 11.8 Å². The summed E-state index contributed by atoms with van der Waals surface area (Å²) in [4.78, 5) is 22.8. The minimum Gasteiger partial charge on any atom is -0.493 e. The quantitative estimate of drug-likeness (QED) is 0.189. The van der Waals surface area contributed by atoms with Crippen LogP contribution >= 0.6 is 0 Å². The van der Waals surface area contributed by atoms with Gasteiger partial charge in [-0.05, 0) is 86.3 Å². The molecule has 41 heavy (non-hydrogen) atoms. The number of aliphatic hydroxyl groups is 1. The van der Waals surface area contributed by atoms with Gasteiger partial charge in [0.15, 0.2) is 0 Å². The molecule has 0 saturated heterocycles. The molecule has 2 atom stereocenters. The van der Waals surface area contributed by atoms with Crippen molar-refractivity contribution in [2.24, 2.45) is 11.7 Å². The molecule has 1 fully saturated rings. The molecule has 1 aliphatic carbocycles. The van der Waals surface area contributed by atoms with Crippen LogP contribution in [0.5, 0.6) is 5.75 Å². The van der Waals surface area contributed by atoms with E-state index < -0.39 is 12.0 Å². The maximum absolute atomic E-state index is 14.4. The number of aryl methyl sites for hydroxylation is 1. The number of halogens is 1. The zero-order valence-corrected chi connectivity index (χ0v) is 24.1. The lowest BCUT2D eigenvalue weighted by molar-refractivity contribution is -0.121. The Bertz CT molecular complexity index is 1190. The highest BCUT2D eigenvalue weighted by Gasteiger charge is 2.44. The second kappa shape index (κ2) is 16.1. The number of hydrogen-bond donors (Lipinski definition) is 4. The van der Waals surface area contributed by atoms with E-state index in [0.717, 1.165) is 48.8 Å². The smallest absolute Gasteiger partial charge is 0.220 e. The van der Waals surface area contributed by atoms with E-state index >= 15 is 0 Å². The summed E-state index contributed by atoms with van der Waals surface area (Å²) in [6.45, 7) is 3.47. The molecule has 5 N–H and O–H groups in total. The molecule has 0 heterocycles. The van der Waals surface area contributed by atoms with Gasteiger partial charge in [-0.15, -0.1) is 6.42 Å². The van der Waals surface area contributed by atoms with Crippen molar-refractivity contribution >= 4 is 11.8 Å². The predicted octanol–water partition coefficient (Wildman–Crippen LogP) is 4.34.